The van der Waals surface area contributed by atoms with Crippen molar-refractivity contribution < 1.29 is 19.1 Å². The fraction of sp³-hybridized carbons (Fsp3) is 0.800. The molecule has 0 aromatic heterocycles. The average molecular weight is 198 g/mol. The lowest BCUT2D eigenvalue weighted by Gasteiger charge is -1.92. The van der Waals surface area contributed by atoms with Gasteiger partial charge in [-0.05, 0) is 27.2 Å². The molecule has 1 atom stereocenters. The monoisotopic (exact) mass is 198 g/mol. The van der Waals surface area contributed by atoms with Crippen molar-refractivity contribution in [3.8, 4) is 0 Å². The van der Waals surface area contributed by atoms with Crippen LogP contribution in [0.2, 0.25) is 0 Å². The molecule has 1 heterocycles. The Morgan fingerprint density at radius 2 is 2.00 bits per heavy atom. The Balaban J connectivity index is 0.000000218. The fourth-order valence-electron chi connectivity index (χ4n) is 0.783. The Kier molecular flexibility index (Phi) is 5.98. The van der Waals surface area contributed by atoms with Crippen LogP contribution in [0.15, 0.2) is 0 Å². The smallest absolute Gasteiger partial charge is 0.314 e. The molecule has 0 radical (unpaired) electrons. The van der Waals surface area contributed by atoms with Crippen molar-refractivity contribution in [1.29, 1.82) is 0 Å². The molecule has 1 unspecified atom stereocenters. The molecule has 0 aliphatic carbocycles. The number of hydrogen-bond acceptors (Lipinski definition) is 2. The maximum Gasteiger partial charge on any atom is 0.314 e. The predicted octanol–water partition coefficient (Wildman–Crippen LogP) is 0.779. The summed E-state index contributed by atoms with van der Waals surface area (Å²) in [4.78, 5) is 24.9. The molecule has 11 heavy (non-hydrogen) atoms. The van der Waals surface area contributed by atoms with Gasteiger partial charge in [0.1, 0.15) is 0 Å². The van der Waals surface area contributed by atoms with Crippen LogP contribution in [0.25, 0.3) is 0 Å². The number of rotatable bonds is 0. The second-order valence-corrected chi connectivity index (χ2v) is 5.11. The van der Waals surface area contributed by atoms with Gasteiger partial charge in [-0.25, -0.2) is 0 Å². The molecule has 0 saturated carbocycles. The van der Waals surface area contributed by atoms with Gasteiger partial charge in [-0.15, -0.1) is 0 Å². The first kappa shape index (κ1) is 11.2. The quantitative estimate of drug-likeness (QED) is 0.564. The molecule has 1 saturated heterocycles. The van der Waals surface area contributed by atoms with E-state index in [2.05, 4.69) is 6.66 Å². The third-order valence-electron chi connectivity index (χ3n) is 1.31. The third kappa shape index (κ3) is 6.64. The molecule has 0 aromatic carbocycles. The molecular formula is C5H12O4P2. The highest BCUT2D eigenvalue weighted by Gasteiger charge is 2.17. The van der Waals surface area contributed by atoms with E-state index in [1.807, 2.05) is 0 Å². The minimum atomic E-state index is -3.13. The van der Waals surface area contributed by atoms with E-state index in [1.54, 1.807) is 0 Å². The second-order valence-electron chi connectivity index (χ2n) is 2.20. The molecule has 1 aliphatic rings. The van der Waals surface area contributed by atoms with Crippen LogP contribution >= 0.6 is 16.2 Å². The van der Waals surface area contributed by atoms with Gasteiger partial charge in [0.25, 0.3) is 0 Å². The summed E-state index contributed by atoms with van der Waals surface area (Å²) in [7, 11) is -3.29. The zero-order valence-corrected chi connectivity index (χ0v) is 8.17. The lowest BCUT2D eigenvalue weighted by molar-refractivity contribution is -0.111. The Morgan fingerprint density at radius 3 is 2.09 bits per heavy atom. The fourth-order valence-corrected chi connectivity index (χ4v) is 2.20. The molecule has 1 rings (SSSR count). The average Bonchev–Trinajstić information content (AvgIpc) is 2.15. The SMILES string of the molecule is CP1CCCC1=O.O=[PH](O)O. The van der Waals surface area contributed by atoms with Gasteiger partial charge in [0.2, 0.25) is 0 Å². The van der Waals surface area contributed by atoms with Crippen LogP contribution in [-0.4, -0.2) is 28.1 Å². The summed E-state index contributed by atoms with van der Waals surface area (Å²) in [6.07, 6.45) is 3.21. The molecule has 66 valence electrons. The molecule has 0 bridgehead atoms. The normalized spacial score (nSPS) is 23.3. The zero-order valence-electron chi connectivity index (χ0n) is 6.28. The molecule has 0 aromatic rings. The highest BCUT2D eigenvalue weighted by molar-refractivity contribution is 7.74. The van der Waals surface area contributed by atoms with Crippen molar-refractivity contribution in [1.82, 2.24) is 0 Å². The minimum Gasteiger partial charge on any atom is -0.326 e. The maximum atomic E-state index is 10.6. The van der Waals surface area contributed by atoms with Crippen LogP contribution in [0.3, 0.4) is 0 Å². The van der Waals surface area contributed by atoms with Gasteiger partial charge >= 0.3 is 8.25 Å². The summed E-state index contributed by atoms with van der Waals surface area (Å²) < 4.78 is 8.74. The highest BCUT2D eigenvalue weighted by Crippen LogP contribution is 2.40. The maximum absolute atomic E-state index is 10.6. The Labute approximate surface area is 67.3 Å². The number of carbonyl (C=O) groups excluding carboxylic acids is 1. The van der Waals surface area contributed by atoms with Crippen molar-refractivity contribution >= 4 is 21.7 Å². The topological polar surface area (TPSA) is 74.6 Å². The summed E-state index contributed by atoms with van der Waals surface area (Å²) in [5, 5.41) is 0. The largest absolute Gasteiger partial charge is 0.326 e. The van der Waals surface area contributed by atoms with Crippen molar-refractivity contribution in [2.75, 3.05) is 12.8 Å². The first-order valence-corrected chi connectivity index (χ1v) is 6.47. The van der Waals surface area contributed by atoms with Crippen molar-refractivity contribution in [3.63, 3.8) is 0 Å². The van der Waals surface area contributed by atoms with E-state index in [9.17, 15) is 4.79 Å². The van der Waals surface area contributed by atoms with E-state index in [1.165, 1.54) is 6.16 Å². The summed E-state index contributed by atoms with van der Waals surface area (Å²) >= 11 is 0. The van der Waals surface area contributed by atoms with E-state index in [0.29, 0.717) is 5.52 Å². The van der Waals surface area contributed by atoms with E-state index in [4.69, 9.17) is 14.4 Å². The summed E-state index contributed by atoms with van der Waals surface area (Å²) in [5.74, 6) is 0. The van der Waals surface area contributed by atoms with Gasteiger partial charge < -0.3 is 9.79 Å². The number of hydrogen-bond donors (Lipinski definition) is 2. The van der Waals surface area contributed by atoms with Crippen molar-refractivity contribution in [3.05, 3.63) is 0 Å². The molecule has 2 N–H and O–H groups in total. The van der Waals surface area contributed by atoms with Gasteiger partial charge in [-0.1, -0.05) is 0 Å². The lowest BCUT2D eigenvalue weighted by Crippen LogP contribution is -1.81. The summed E-state index contributed by atoms with van der Waals surface area (Å²) in [5.41, 5.74) is 0.523. The molecule has 1 aliphatic heterocycles. The van der Waals surface area contributed by atoms with Crippen LogP contribution in [-0.2, 0) is 9.36 Å². The third-order valence-corrected chi connectivity index (χ3v) is 3.37. The number of carbonyl (C=O) groups is 1. The molecule has 1 fully saturated rings. The molecular weight excluding hydrogens is 186 g/mol. The van der Waals surface area contributed by atoms with Gasteiger partial charge in [-0.3, -0.25) is 9.36 Å². The van der Waals surface area contributed by atoms with E-state index < -0.39 is 8.25 Å². The molecule has 0 amide bonds. The van der Waals surface area contributed by atoms with Crippen LogP contribution < -0.4 is 0 Å². The molecule has 0 spiro atoms. The van der Waals surface area contributed by atoms with E-state index in [-0.39, 0.29) is 7.92 Å². The van der Waals surface area contributed by atoms with Gasteiger partial charge in [0.15, 0.2) is 5.52 Å². The lowest BCUT2D eigenvalue weighted by atomic mass is 10.4. The molecule has 6 heteroatoms. The van der Waals surface area contributed by atoms with Crippen molar-refractivity contribution in [2.45, 2.75) is 12.8 Å². The molecule has 4 nitrogen and oxygen atoms in total. The van der Waals surface area contributed by atoms with Crippen LogP contribution in [0.1, 0.15) is 12.8 Å². The summed E-state index contributed by atoms with van der Waals surface area (Å²) in [6, 6.07) is 0. The Bertz CT molecular complexity index is 155. The van der Waals surface area contributed by atoms with Gasteiger partial charge in [0.05, 0.1) is 0 Å². The van der Waals surface area contributed by atoms with Gasteiger partial charge in [-0.2, -0.15) is 0 Å². The van der Waals surface area contributed by atoms with Crippen LogP contribution in [0, 0.1) is 0 Å². The first-order chi connectivity index (χ1) is 5.04. The highest BCUT2D eigenvalue weighted by atomic mass is 31.1. The van der Waals surface area contributed by atoms with Gasteiger partial charge in [0, 0.05) is 6.42 Å². The van der Waals surface area contributed by atoms with E-state index >= 15 is 0 Å². The van der Waals surface area contributed by atoms with E-state index in [0.717, 1.165) is 12.8 Å². The summed E-state index contributed by atoms with van der Waals surface area (Å²) in [6.45, 7) is 2.07. The Hall–Kier alpha value is 0.250. The van der Waals surface area contributed by atoms with Crippen molar-refractivity contribution in [2.24, 2.45) is 0 Å². The Morgan fingerprint density at radius 1 is 1.55 bits per heavy atom. The standard InChI is InChI=1S/C5H9OP.H3O3P/c1-7-4-2-3-5(7)6;1-4(2)3/h2-4H2,1H3;4H,(H2,1,2,3). The van der Waals surface area contributed by atoms with Crippen LogP contribution in [0.4, 0.5) is 0 Å². The van der Waals surface area contributed by atoms with Crippen LogP contribution in [0.5, 0.6) is 0 Å². The first-order valence-electron chi connectivity index (χ1n) is 3.20. The zero-order chi connectivity index (χ0) is 8.85. The minimum absolute atomic E-state index is 0.165. The second kappa shape index (κ2) is 5.84. The predicted molar refractivity (Wildman–Crippen MR) is 45.4 cm³/mol.